The Morgan fingerprint density at radius 2 is 1.69 bits per heavy atom. The van der Waals surface area contributed by atoms with Crippen molar-refractivity contribution in [3.8, 4) is 0 Å². The van der Waals surface area contributed by atoms with Crippen molar-refractivity contribution < 1.29 is 83.1 Å². The maximum atomic E-state index is 15.1. The first-order valence-corrected chi connectivity index (χ1v) is 22.7. The van der Waals surface area contributed by atoms with Gasteiger partial charge in [0.2, 0.25) is 11.8 Å². The van der Waals surface area contributed by atoms with Gasteiger partial charge in [0, 0.05) is 25.7 Å². The van der Waals surface area contributed by atoms with Crippen LogP contribution < -0.4 is 10.6 Å². The minimum absolute atomic E-state index is 0.0149. The molecule has 6 aliphatic rings. The van der Waals surface area contributed by atoms with Crippen LogP contribution in [-0.2, 0) is 71.8 Å². The first-order chi connectivity index (χ1) is 31.8. The predicted octanol–water partition coefficient (Wildman–Crippen LogP) is -0.940. The van der Waals surface area contributed by atoms with Gasteiger partial charge in [-0.3, -0.25) is 24.0 Å². The number of hydrogen-bond acceptors (Lipinski definition) is 18. The average molecular weight is 940 g/mol. The molecule has 20 nitrogen and oxygen atoms in total. The quantitative estimate of drug-likeness (QED) is 0.0943. The van der Waals surface area contributed by atoms with E-state index in [9.17, 15) is 45.0 Å². The Morgan fingerprint density at radius 1 is 0.970 bits per heavy atom. The summed E-state index contributed by atoms with van der Waals surface area (Å²) in [4.78, 5) is 62.5. The number of carbonyl (C=O) groups is 4. The van der Waals surface area contributed by atoms with Crippen LogP contribution in [0.5, 0.6) is 0 Å². The SMILES string of the molecule is CC(O)C(NC(=O)C12CC3OC(=O)C1N(Cc1cccc(C=CCOC4OC(CO)C(O)C(O)C4O)c1)OC2C1OC2(Cc4ccccc4C2)OC31)C(=O)NC(CO)CCC(=O)OC(C)(C)C. The number of carbonyl (C=O) groups excluding carboxylic acids is 4. The number of rotatable bonds is 16. The Labute approximate surface area is 387 Å². The summed E-state index contributed by atoms with van der Waals surface area (Å²) in [6.45, 7) is 5.24. The van der Waals surface area contributed by atoms with Crippen molar-refractivity contribution in [3.63, 3.8) is 0 Å². The number of aliphatic hydroxyl groups excluding tert-OH is 6. The third kappa shape index (κ3) is 9.90. The second-order valence-electron chi connectivity index (χ2n) is 19.3. The second-order valence-corrected chi connectivity index (χ2v) is 19.3. The smallest absolute Gasteiger partial charge is 0.327 e. The van der Waals surface area contributed by atoms with Gasteiger partial charge in [-0.1, -0.05) is 60.7 Å². The molecule has 8 rings (SSSR count). The van der Waals surface area contributed by atoms with Gasteiger partial charge in [-0.2, -0.15) is 5.06 Å². The van der Waals surface area contributed by atoms with E-state index in [0.29, 0.717) is 24.0 Å². The topological polar surface area (TPSA) is 282 Å². The fourth-order valence-corrected chi connectivity index (χ4v) is 10.1. The molecule has 14 unspecified atom stereocenters. The number of ether oxygens (including phenoxy) is 6. The van der Waals surface area contributed by atoms with Gasteiger partial charge in [-0.25, -0.2) is 0 Å². The van der Waals surface area contributed by atoms with Crippen LogP contribution in [0.3, 0.4) is 0 Å². The van der Waals surface area contributed by atoms with Gasteiger partial charge in [0.15, 0.2) is 18.1 Å². The van der Waals surface area contributed by atoms with Crippen LogP contribution in [0.2, 0.25) is 0 Å². The van der Waals surface area contributed by atoms with E-state index in [2.05, 4.69) is 10.6 Å². The number of hydrogen-bond donors (Lipinski definition) is 8. The van der Waals surface area contributed by atoms with Crippen LogP contribution in [0.25, 0.3) is 6.08 Å². The van der Waals surface area contributed by atoms with E-state index in [1.54, 1.807) is 51.1 Å². The molecule has 2 aliphatic carbocycles. The number of nitrogens with one attached hydrogen (secondary N) is 2. The van der Waals surface area contributed by atoms with Gasteiger partial charge < -0.3 is 69.7 Å². The number of aliphatic hydroxyl groups is 6. The van der Waals surface area contributed by atoms with E-state index in [4.69, 9.17) is 33.3 Å². The molecule has 14 atom stereocenters. The summed E-state index contributed by atoms with van der Waals surface area (Å²) < 4.78 is 36.0. The zero-order chi connectivity index (χ0) is 48.0. The van der Waals surface area contributed by atoms with Crippen molar-refractivity contribution in [1.29, 1.82) is 0 Å². The molecular weight excluding hydrogens is 879 g/mol. The highest BCUT2D eigenvalue weighted by atomic mass is 16.8. The number of fused-ring (bicyclic) bond motifs is 5. The molecule has 8 N–H and O–H groups in total. The van der Waals surface area contributed by atoms with Gasteiger partial charge in [-0.15, -0.1) is 0 Å². The molecule has 2 aromatic rings. The molecule has 366 valence electrons. The number of nitrogens with zero attached hydrogens (tertiary/aromatic N) is 1. The Balaban J connectivity index is 1.02. The summed E-state index contributed by atoms with van der Waals surface area (Å²) in [5.74, 6) is -4.01. The molecule has 0 aromatic heterocycles. The number of benzene rings is 2. The summed E-state index contributed by atoms with van der Waals surface area (Å²) in [6, 6.07) is 11.2. The monoisotopic (exact) mass is 939 g/mol. The summed E-state index contributed by atoms with van der Waals surface area (Å²) in [5.41, 5.74) is 0.964. The van der Waals surface area contributed by atoms with E-state index in [1.807, 2.05) is 30.3 Å². The molecule has 5 fully saturated rings. The molecule has 4 aliphatic heterocycles. The summed E-state index contributed by atoms with van der Waals surface area (Å²) in [7, 11) is 0. The molecule has 1 saturated carbocycles. The lowest BCUT2D eigenvalue weighted by atomic mass is 9.62. The van der Waals surface area contributed by atoms with Crippen molar-refractivity contribution in [1.82, 2.24) is 15.7 Å². The molecule has 2 amide bonds. The third-order valence-corrected chi connectivity index (χ3v) is 13.3. The van der Waals surface area contributed by atoms with Gasteiger partial charge >= 0.3 is 11.9 Å². The predicted molar refractivity (Wildman–Crippen MR) is 230 cm³/mol. The maximum absolute atomic E-state index is 15.1. The normalized spacial score (nSPS) is 33.1. The Hall–Kier alpha value is -4.42. The van der Waals surface area contributed by atoms with Crippen LogP contribution in [0.1, 0.15) is 69.2 Å². The molecule has 0 radical (unpaired) electrons. The lowest BCUT2D eigenvalue weighted by molar-refractivity contribution is -0.298. The largest absolute Gasteiger partial charge is 0.460 e. The van der Waals surface area contributed by atoms with E-state index in [0.717, 1.165) is 11.1 Å². The minimum Gasteiger partial charge on any atom is -0.460 e. The van der Waals surface area contributed by atoms with Crippen molar-refractivity contribution in [2.24, 2.45) is 5.41 Å². The number of amides is 2. The lowest BCUT2D eigenvalue weighted by Crippen LogP contribution is -2.71. The lowest BCUT2D eigenvalue weighted by Gasteiger charge is -2.49. The van der Waals surface area contributed by atoms with E-state index >= 15 is 4.79 Å². The second kappa shape index (κ2) is 19.5. The van der Waals surface area contributed by atoms with Crippen LogP contribution in [0, 0.1) is 5.41 Å². The van der Waals surface area contributed by atoms with Crippen LogP contribution >= 0.6 is 0 Å². The van der Waals surface area contributed by atoms with Crippen molar-refractivity contribution in [2.75, 3.05) is 19.8 Å². The molecular formula is C47H61N3O17. The highest BCUT2D eigenvalue weighted by molar-refractivity contribution is 5.96. The third-order valence-electron chi connectivity index (χ3n) is 13.3. The molecule has 20 heteroatoms. The first kappa shape index (κ1) is 49.0. The molecule has 1 spiro atoms. The van der Waals surface area contributed by atoms with Crippen LogP contribution in [-0.4, -0.2) is 170 Å². The fourth-order valence-electron chi connectivity index (χ4n) is 10.1. The fraction of sp³-hybridized carbons (Fsp3) is 0.617. The van der Waals surface area contributed by atoms with E-state index < -0.39 is 133 Å². The Morgan fingerprint density at radius 3 is 2.36 bits per heavy atom. The Bertz CT molecular complexity index is 2160. The zero-order valence-electron chi connectivity index (χ0n) is 37.8. The highest BCUT2D eigenvalue weighted by Gasteiger charge is 2.76. The maximum Gasteiger partial charge on any atom is 0.327 e. The van der Waals surface area contributed by atoms with Crippen LogP contribution in [0.4, 0.5) is 0 Å². The number of esters is 2. The molecule has 67 heavy (non-hydrogen) atoms. The molecule has 2 aromatic carbocycles. The van der Waals surface area contributed by atoms with Gasteiger partial charge in [0.1, 0.15) is 65.9 Å². The minimum atomic E-state index is -1.72. The number of hydroxylamine groups is 2. The molecule has 4 saturated heterocycles. The standard InChI is InChI=1S/C47H61N3O17/c1-24(53)33(41(58)48-29(22-51)14-15-32(54)64-45(2,3)4)49-44(60)47-20-30-37-38(66-46(65-37)18-27-12-5-6-13-28(27)19-46)40(47)67-50(39(47)42(59)62-30)21-26-10-7-9-25(17-26)11-8-16-61-43-36(57)35(56)34(55)31(23-52)63-43/h5-13,17,24,29-31,33-40,43,51-53,55-57H,14-16,18-23H2,1-4H3,(H,48,58)(H,49,60). The summed E-state index contributed by atoms with van der Waals surface area (Å²) >= 11 is 0. The zero-order valence-corrected chi connectivity index (χ0v) is 37.8. The average Bonchev–Trinajstić information content (AvgIpc) is 3.96. The van der Waals surface area contributed by atoms with E-state index in [1.165, 1.54) is 12.0 Å². The molecule has 4 heterocycles. The van der Waals surface area contributed by atoms with Crippen molar-refractivity contribution >= 4 is 29.8 Å². The summed E-state index contributed by atoms with van der Waals surface area (Å²) in [6.07, 6.45) is -8.33. The van der Waals surface area contributed by atoms with Crippen molar-refractivity contribution in [2.45, 2.75) is 157 Å². The molecule has 2 bridgehead atoms. The van der Waals surface area contributed by atoms with Gasteiger partial charge in [0.05, 0.1) is 38.5 Å². The first-order valence-electron chi connectivity index (χ1n) is 22.7. The Kier molecular flexibility index (Phi) is 14.3. The summed E-state index contributed by atoms with van der Waals surface area (Å²) in [5, 5.41) is 67.9. The highest BCUT2D eigenvalue weighted by Crippen LogP contribution is 2.58. The van der Waals surface area contributed by atoms with E-state index in [-0.39, 0.29) is 32.4 Å². The van der Waals surface area contributed by atoms with Gasteiger partial charge in [-0.05, 0) is 56.4 Å². The van der Waals surface area contributed by atoms with Crippen molar-refractivity contribution in [3.05, 3.63) is 76.9 Å². The van der Waals surface area contributed by atoms with Gasteiger partial charge in [0.25, 0.3) is 0 Å². The van der Waals surface area contributed by atoms with Crippen LogP contribution in [0.15, 0.2) is 54.6 Å².